The molecule has 10 amide bonds. The zero-order valence-corrected chi connectivity index (χ0v) is 43.5. The highest BCUT2D eigenvalue weighted by Gasteiger charge is 2.40. The Morgan fingerprint density at radius 1 is 0.529 bits per heavy atom. The van der Waals surface area contributed by atoms with Crippen LogP contribution in [-0.2, 0) is 47.9 Å². The molecule has 0 bridgehead atoms. The highest BCUT2D eigenvalue weighted by molar-refractivity contribution is 5.98. The van der Waals surface area contributed by atoms with Crippen LogP contribution >= 0.6 is 0 Å². The fourth-order valence-corrected chi connectivity index (χ4v) is 7.88. The number of hydrogen-bond donors (Lipinski definition) is 12. The Kier molecular flexibility index (Phi) is 27.1. The quantitative estimate of drug-likeness (QED) is 0.0364. The molecule has 70 heavy (non-hydrogen) atoms. The summed E-state index contributed by atoms with van der Waals surface area (Å²) in [5.41, 5.74) is 5.45. The van der Waals surface area contributed by atoms with E-state index in [4.69, 9.17) is 5.73 Å². The predicted molar refractivity (Wildman–Crippen MR) is 260 cm³/mol. The van der Waals surface area contributed by atoms with Crippen molar-refractivity contribution in [2.45, 2.75) is 182 Å². The summed E-state index contributed by atoms with van der Waals surface area (Å²) in [4.78, 5) is 134. The fourth-order valence-electron chi connectivity index (χ4n) is 7.88. The molecule has 0 radical (unpaired) electrons. The number of rotatable bonds is 30. The Bertz CT molecular complexity index is 1800. The summed E-state index contributed by atoms with van der Waals surface area (Å²) < 4.78 is 0. The standard InChI is InChI=1S/C47H85N11O12/c1-14-27(10)37(49-13)46(69)56-34(22-60)47(70)58-17-15-16-35(58)45(68)51-29(12)39(62)52-31(19-24(4)5)42(65)53-30(18-23(2)3)41(64)50-28(11)40(63)55-33(21-59)44(67)54-32(20-25(6)7)43(66)57-36(26(8)9)38(48)61/h23-37,49,59-60H,14-22H2,1-13H3,(H2,48,61)(H,50,64)(H,51,68)(H,52,62)(H,53,65)(H,54,67)(H,55,63)(H,56,69)(H,57,66). The highest BCUT2D eigenvalue weighted by atomic mass is 16.3. The predicted octanol–water partition coefficient (Wildman–Crippen LogP) is -2.21. The molecule has 23 nitrogen and oxygen atoms in total. The Morgan fingerprint density at radius 3 is 1.34 bits per heavy atom. The normalized spacial score (nSPS) is 18.0. The van der Waals surface area contributed by atoms with Crippen molar-refractivity contribution in [2.24, 2.45) is 35.3 Å². The van der Waals surface area contributed by atoms with Crippen LogP contribution in [0.5, 0.6) is 0 Å². The average Bonchev–Trinajstić information content (AvgIpc) is 3.77. The molecule has 400 valence electrons. The minimum atomic E-state index is -1.55. The zero-order valence-electron chi connectivity index (χ0n) is 43.5. The lowest BCUT2D eigenvalue weighted by Gasteiger charge is -2.30. The van der Waals surface area contributed by atoms with Crippen LogP contribution in [-0.4, -0.2) is 161 Å². The maximum atomic E-state index is 13.9. The summed E-state index contributed by atoms with van der Waals surface area (Å²) in [5, 5.41) is 43.6. The lowest BCUT2D eigenvalue weighted by atomic mass is 9.98. The van der Waals surface area contributed by atoms with Gasteiger partial charge in [0.15, 0.2) is 0 Å². The number of likely N-dealkylation sites (N-methyl/N-ethyl adjacent to an activating group) is 1. The summed E-state index contributed by atoms with van der Waals surface area (Å²) in [7, 11) is 1.62. The van der Waals surface area contributed by atoms with Gasteiger partial charge in [-0.1, -0.05) is 75.7 Å². The van der Waals surface area contributed by atoms with Crippen LogP contribution in [0.1, 0.15) is 122 Å². The number of nitrogens with zero attached hydrogens (tertiary/aromatic N) is 1. The van der Waals surface area contributed by atoms with Gasteiger partial charge in [-0.15, -0.1) is 0 Å². The van der Waals surface area contributed by atoms with E-state index in [1.807, 2.05) is 41.5 Å². The van der Waals surface area contributed by atoms with E-state index >= 15 is 0 Å². The molecule has 0 aromatic rings. The third-order valence-electron chi connectivity index (χ3n) is 12.1. The summed E-state index contributed by atoms with van der Waals surface area (Å²) in [5.74, 6) is -7.98. The van der Waals surface area contributed by atoms with Crippen LogP contribution < -0.4 is 53.6 Å². The average molecular weight is 996 g/mol. The number of amides is 10. The van der Waals surface area contributed by atoms with E-state index in [1.54, 1.807) is 34.7 Å². The van der Waals surface area contributed by atoms with Gasteiger partial charge in [0, 0.05) is 6.54 Å². The van der Waals surface area contributed by atoms with Gasteiger partial charge in [0.1, 0.15) is 54.4 Å². The molecule has 0 aliphatic carbocycles. The Balaban J connectivity index is 3.09. The molecule has 13 N–H and O–H groups in total. The van der Waals surface area contributed by atoms with Crippen LogP contribution in [0.2, 0.25) is 0 Å². The number of aliphatic hydroxyl groups excluding tert-OH is 2. The monoisotopic (exact) mass is 996 g/mol. The molecule has 1 heterocycles. The lowest BCUT2D eigenvalue weighted by Crippen LogP contribution is -2.60. The number of aliphatic hydroxyl groups is 2. The van der Waals surface area contributed by atoms with Crippen molar-refractivity contribution in [1.82, 2.24) is 52.8 Å². The Morgan fingerprint density at radius 2 is 0.929 bits per heavy atom. The molecule has 0 saturated carbocycles. The van der Waals surface area contributed by atoms with E-state index in [0.29, 0.717) is 12.8 Å². The smallest absolute Gasteiger partial charge is 0.248 e. The summed E-state index contributed by atoms with van der Waals surface area (Å²) in [6.07, 6.45) is 1.79. The molecule has 11 atom stereocenters. The summed E-state index contributed by atoms with van der Waals surface area (Å²) in [6, 6.07) is -11.5. The summed E-state index contributed by atoms with van der Waals surface area (Å²) >= 11 is 0. The Labute approximate surface area is 413 Å². The third kappa shape index (κ3) is 20.1. The van der Waals surface area contributed by atoms with Gasteiger partial charge >= 0.3 is 0 Å². The minimum absolute atomic E-state index is 0.0638. The van der Waals surface area contributed by atoms with Crippen LogP contribution in [0.3, 0.4) is 0 Å². The van der Waals surface area contributed by atoms with E-state index in [-0.39, 0.29) is 61.8 Å². The van der Waals surface area contributed by atoms with Crippen molar-refractivity contribution in [2.75, 3.05) is 26.8 Å². The zero-order chi connectivity index (χ0) is 53.7. The molecule has 0 aromatic carbocycles. The van der Waals surface area contributed by atoms with E-state index < -0.39 is 133 Å². The second-order valence-electron chi connectivity index (χ2n) is 20.0. The SMILES string of the molecule is CCC(C)C(NC)C(=O)NC(CO)C(=O)N1CCCC1C(=O)NC(C)C(=O)NC(CC(C)C)C(=O)NC(CC(C)C)C(=O)NC(C)C(=O)NC(CO)C(=O)NC(CC(C)C)C(=O)NC(C(N)=O)C(C)C. The van der Waals surface area contributed by atoms with E-state index in [9.17, 15) is 58.2 Å². The van der Waals surface area contributed by atoms with Gasteiger partial charge in [-0.05, 0) is 82.6 Å². The minimum Gasteiger partial charge on any atom is -0.394 e. The molecule has 1 aliphatic heterocycles. The number of nitrogens with two attached hydrogens (primary N) is 1. The van der Waals surface area contributed by atoms with Crippen molar-refractivity contribution in [1.29, 1.82) is 0 Å². The third-order valence-corrected chi connectivity index (χ3v) is 12.1. The molecule has 0 aromatic heterocycles. The number of primary amides is 1. The van der Waals surface area contributed by atoms with Crippen molar-refractivity contribution in [3.05, 3.63) is 0 Å². The second-order valence-corrected chi connectivity index (χ2v) is 20.0. The Hall–Kier alpha value is -5.42. The molecule has 1 aliphatic rings. The van der Waals surface area contributed by atoms with Crippen LogP contribution in [0.15, 0.2) is 0 Å². The van der Waals surface area contributed by atoms with Gasteiger partial charge in [0.25, 0.3) is 0 Å². The van der Waals surface area contributed by atoms with Crippen molar-refractivity contribution >= 4 is 59.1 Å². The van der Waals surface area contributed by atoms with Crippen LogP contribution in [0.25, 0.3) is 0 Å². The van der Waals surface area contributed by atoms with Gasteiger partial charge in [-0.2, -0.15) is 0 Å². The first-order valence-corrected chi connectivity index (χ1v) is 24.6. The van der Waals surface area contributed by atoms with E-state index in [2.05, 4.69) is 47.9 Å². The van der Waals surface area contributed by atoms with Crippen LogP contribution in [0, 0.1) is 29.6 Å². The van der Waals surface area contributed by atoms with Crippen molar-refractivity contribution < 1.29 is 58.2 Å². The first kappa shape index (κ1) is 62.6. The largest absolute Gasteiger partial charge is 0.394 e. The molecule has 23 heteroatoms. The highest BCUT2D eigenvalue weighted by Crippen LogP contribution is 2.20. The molecular formula is C47H85N11O12. The first-order valence-electron chi connectivity index (χ1n) is 24.6. The van der Waals surface area contributed by atoms with Gasteiger partial charge in [-0.25, -0.2) is 0 Å². The van der Waals surface area contributed by atoms with Gasteiger partial charge < -0.3 is 68.7 Å². The van der Waals surface area contributed by atoms with Gasteiger partial charge in [0.05, 0.1) is 19.3 Å². The summed E-state index contributed by atoms with van der Waals surface area (Å²) in [6.45, 7) is 19.4. The maximum Gasteiger partial charge on any atom is 0.248 e. The molecule has 1 saturated heterocycles. The van der Waals surface area contributed by atoms with E-state index in [1.165, 1.54) is 18.7 Å². The number of carbonyl (C=O) groups excluding carboxylic acids is 10. The maximum absolute atomic E-state index is 13.9. The molecular weight excluding hydrogens is 911 g/mol. The van der Waals surface area contributed by atoms with E-state index in [0.717, 1.165) is 0 Å². The lowest BCUT2D eigenvalue weighted by molar-refractivity contribution is -0.143. The fraction of sp³-hybridized carbons (Fsp3) is 0.787. The first-order chi connectivity index (χ1) is 32.6. The number of nitrogens with one attached hydrogen (secondary N) is 9. The van der Waals surface area contributed by atoms with Crippen molar-refractivity contribution in [3.8, 4) is 0 Å². The number of carbonyl (C=O) groups is 10. The van der Waals surface area contributed by atoms with Crippen molar-refractivity contribution in [3.63, 3.8) is 0 Å². The van der Waals surface area contributed by atoms with Gasteiger partial charge in [0.2, 0.25) is 59.1 Å². The topological polar surface area (TPSA) is 349 Å². The number of likely N-dealkylation sites (tertiary alicyclic amines) is 1. The molecule has 11 unspecified atom stereocenters. The molecule has 1 rings (SSSR count). The molecule has 0 spiro atoms. The van der Waals surface area contributed by atoms with Gasteiger partial charge in [-0.3, -0.25) is 47.9 Å². The second kappa shape index (κ2) is 30.3. The van der Waals surface area contributed by atoms with Crippen LogP contribution in [0.4, 0.5) is 0 Å². The number of hydrogen-bond acceptors (Lipinski definition) is 13. The molecule has 1 fully saturated rings.